The van der Waals surface area contributed by atoms with Gasteiger partial charge in [0.15, 0.2) is 0 Å². The van der Waals surface area contributed by atoms with E-state index in [1.54, 1.807) is 6.07 Å². The number of rotatable bonds is 5. The highest BCUT2D eigenvalue weighted by Gasteiger charge is 2.33. The van der Waals surface area contributed by atoms with Crippen LogP contribution < -0.4 is 4.90 Å². The van der Waals surface area contributed by atoms with Crippen molar-refractivity contribution in [1.82, 2.24) is 4.31 Å². The number of aliphatic carboxylic acids is 1. The van der Waals surface area contributed by atoms with Gasteiger partial charge in [0.05, 0.1) is 20.9 Å². The molecule has 2 aromatic carbocycles. The minimum absolute atomic E-state index is 0.109. The lowest BCUT2D eigenvalue weighted by atomic mass is 10.0. The van der Waals surface area contributed by atoms with E-state index in [0.717, 1.165) is 42.7 Å². The molecule has 1 fully saturated rings. The Labute approximate surface area is 189 Å². The summed E-state index contributed by atoms with van der Waals surface area (Å²) in [6, 6.07) is 11.4. The predicted octanol–water partition coefficient (Wildman–Crippen LogP) is 4.73. The molecule has 0 spiro atoms. The smallest absolute Gasteiger partial charge is 0.310 e. The van der Waals surface area contributed by atoms with Crippen molar-refractivity contribution in [2.45, 2.75) is 43.0 Å². The van der Waals surface area contributed by atoms with Gasteiger partial charge in [0.2, 0.25) is 0 Å². The summed E-state index contributed by atoms with van der Waals surface area (Å²) in [5.41, 5.74) is 2.88. The Morgan fingerprint density at radius 2 is 1.97 bits per heavy atom. The van der Waals surface area contributed by atoms with Gasteiger partial charge in [-0.05, 0) is 60.7 Å². The highest BCUT2D eigenvalue weighted by atomic mass is 35.5. The number of hydrogen-bond acceptors (Lipinski definition) is 3. The normalized spacial score (nSPS) is 22.7. The molecule has 1 heterocycles. The lowest BCUT2D eigenvalue weighted by Crippen LogP contribution is -2.53. The fraction of sp³-hybridized carbons (Fsp3) is 0.409. The van der Waals surface area contributed by atoms with Crippen molar-refractivity contribution < 1.29 is 14.1 Å². The molecule has 4 rings (SSSR count). The minimum Gasteiger partial charge on any atom is -0.481 e. The molecule has 30 heavy (non-hydrogen) atoms. The molecule has 5 nitrogen and oxygen atoms in total. The summed E-state index contributed by atoms with van der Waals surface area (Å²) < 4.78 is 15.4. The number of halogens is 2. The van der Waals surface area contributed by atoms with Crippen LogP contribution in [0.5, 0.6) is 0 Å². The van der Waals surface area contributed by atoms with E-state index in [1.165, 1.54) is 0 Å². The third-order valence-electron chi connectivity index (χ3n) is 6.08. The third-order valence-corrected chi connectivity index (χ3v) is 8.38. The van der Waals surface area contributed by atoms with E-state index in [1.807, 2.05) is 34.6 Å². The maximum absolute atomic E-state index is 13.4. The summed E-state index contributed by atoms with van der Waals surface area (Å²) in [5, 5.41) is 10.5. The Kier molecular flexibility index (Phi) is 6.39. The van der Waals surface area contributed by atoms with Gasteiger partial charge in [-0.25, -0.2) is 8.51 Å². The molecule has 160 valence electrons. The molecule has 8 heteroatoms. The maximum Gasteiger partial charge on any atom is 0.310 e. The van der Waals surface area contributed by atoms with Gasteiger partial charge in [-0.1, -0.05) is 36.2 Å². The van der Waals surface area contributed by atoms with Crippen LogP contribution in [0.2, 0.25) is 10.0 Å². The Hall–Kier alpha value is -1.60. The molecule has 1 saturated heterocycles. The fourth-order valence-corrected chi connectivity index (χ4v) is 6.10. The van der Waals surface area contributed by atoms with Crippen molar-refractivity contribution in [3.63, 3.8) is 0 Å². The molecule has 0 bridgehead atoms. The number of fused-ring (bicyclic) bond motifs is 1. The molecule has 0 saturated carbocycles. The van der Waals surface area contributed by atoms with Gasteiger partial charge < -0.3 is 10.0 Å². The summed E-state index contributed by atoms with van der Waals surface area (Å²) in [6.07, 6.45) is 2.23. The van der Waals surface area contributed by atoms with E-state index in [9.17, 15) is 14.1 Å². The number of carbonyl (C=O) groups is 1. The van der Waals surface area contributed by atoms with Crippen LogP contribution in [0.3, 0.4) is 0 Å². The van der Waals surface area contributed by atoms with E-state index in [0.29, 0.717) is 27.9 Å². The molecule has 3 atom stereocenters. The average Bonchev–Trinajstić information content (AvgIpc) is 3.18. The molecule has 0 aromatic heterocycles. The number of nitrogens with zero attached hydrogens (tertiary/aromatic N) is 2. The molecule has 2 aliphatic rings. The minimum atomic E-state index is -1.33. The monoisotopic (exact) mass is 466 g/mol. The van der Waals surface area contributed by atoms with E-state index < -0.39 is 22.9 Å². The van der Waals surface area contributed by atoms with Gasteiger partial charge >= 0.3 is 5.97 Å². The first-order valence-corrected chi connectivity index (χ1v) is 12.0. The molecule has 2 aromatic rings. The van der Waals surface area contributed by atoms with Crippen molar-refractivity contribution in [2.24, 2.45) is 0 Å². The number of piperazine rings is 1. The topological polar surface area (TPSA) is 60.9 Å². The van der Waals surface area contributed by atoms with E-state index >= 15 is 0 Å². The number of hydrogen-bond donors (Lipinski definition) is 1. The second-order valence-electron chi connectivity index (χ2n) is 7.79. The maximum atomic E-state index is 13.4. The second kappa shape index (κ2) is 8.87. The third kappa shape index (κ3) is 4.11. The Balaban J connectivity index is 1.53. The summed E-state index contributed by atoms with van der Waals surface area (Å²) in [5.74, 6) is -1.30. The summed E-state index contributed by atoms with van der Waals surface area (Å²) in [4.78, 5) is 14.5. The van der Waals surface area contributed by atoms with Gasteiger partial charge in [-0.2, -0.15) is 0 Å². The Bertz CT molecular complexity index is 1000. The van der Waals surface area contributed by atoms with Crippen LogP contribution in [0.4, 0.5) is 5.69 Å². The summed E-state index contributed by atoms with van der Waals surface area (Å²) >= 11 is 12.2. The first-order chi connectivity index (χ1) is 14.4. The standard InChI is InChI=1S/C22H24Cl2N2O3S/c1-2-15-13-25(16-5-8-20(23)21(24)11-16)9-10-26(15)30(29)17-6-3-14-4-7-18(22(27)28)19(14)12-17/h3,5-6,8,11-12,15,18H,2,4,7,9-10,13H2,1H3,(H,27,28). The Morgan fingerprint density at radius 3 is 2.67 bits per heavy atom. The van der Waals surface area contributed by atoms with Crippen molar-refractivity contribution in [3.05, 3.63) is 57.6 Å². The zero-order chi connectivity index (χ0) is 21.4. The van der Waals surface area contributed by atoms with Crippen LogP contribution in [-0.2, 0) is 22.2 Å². The zero-order valence-corrected chi connectivity index (χ0v) is 19.0. The predicted molar refractivity (Wildman–Crippen MR) is 121 cm³/mol. The number of aryl methyl sites for hydroxylation is 1. The van der Waals surface area contributed by atoms with Crippen LogP contribution in [0, 0.1) is 0 Å². The number of carboxylic acids is 1. The van der Waals surface area contributed by atoms with Crippen LogP contribution in [0.15, 0.2) is 41.3 Å². The van der Waals surface area contributed by atoms with Crippen LogP contribution >= 0.6 is 23.2 Å². The highest BCUT2D eigenvalue weighted by Crippen LogP contribution is 2.35. The van der Waals surface area contributed by atoms with Crippen LogP contribution in [-0.4, -0.2) is 45.3 Å². The van der Waals surface area contributed by atoms with Gasteiger partial charge in [0.25, 0.3) is 0 Å². The quantitative estimate of drug-likeness (QED) is 0.691. The number of carboxylic acid groups (broad SMARTS) is 1. The molecule has 1 aliphatic heterocycles. The second-order valence-corrected chi connectivity index (χ2v) is 10.0. The van der Waals surface area contributed by atoms with Crippen LogP contribution in [0.25, 0.3) is 0 Å². The van der Waals surface area contributed by atoms with E-state index in [4.69, 9.17) is 23.2 Å². The molecule has 0 radical (unpaired) electrons. The van der Waals surface area contributed by atoms with Crippen LogP contribution in [0.1, 0.15) is 36.8 Å². The lowest BCUT2D eigenvalue weighted by Gasteiger charge is -2.41. The molecular weight excluding hydrogens is 443 g/mol. The fourth-order valence-electron chi connectivity index (χ4n) is 4.39. The molecule has 0 amide bonds. The molecular formula is C22H24Cl2N2O3S. The van der Waals surface area contributed by atoms with Gasteiger partial charge in [-0.15, -0.1) is 0 Å². The van der Waals surface area contributed by atoms with Gasteiger partial charge in [0.1, 0.15) is 11.0 Å². The summed E-state index contributed by atoms with van der Waals surface area (Å²) in [6.45, 7) is 4.20. The van der Waals surface area contributed by atoms with Gasteiger partial charge in [0, 0.05) is 31.4 Å². The van der Waals surface area contributed by atoms with Crippen molar-refractivity contribution in [1.29, 1.82) is 0 Å². The van der Waals surface area contributed by atoms with Crippen molar-refractivity contribution in [3.8, 4) is 0 Å². The van der Waals surface area contributed by atoms with Crippen molar-refractivity contribution in [2.75, 3.05) is 24.5 Å². The first kappa shape index (κ1) is 21.6. The largest absolute Gasteiger partial charge is 0.481 e. The SMILES string of the molecule is CCC1CN(c2ccc(Cl)c(Cl)c2)CCN1S(=O)c1ccc2c(c1)C(C(=O)O)CC2. The zero-order valence-electron chi connectivity index (χ0n) is 16.7. The molecule has 1 N–H and O–H groups in total. The summed E-state index contributed by atoms with van der Waals surface area (Å²) in [7, 11) is -1.33. The lowest BCUT2D eigenvalue weighted by molar-refractivity contribution is -0.138. The number of benzene rings is 2. The first-order valence-electron chi connectivity index (χ1n) is 10.1. The van der Waals surface area contributed by atoms with E-state index in [2.05, 4.69) is 11.8 Å². The average molecular weight is 467 g/mol. The highest BCUT2D eigenvalue weighted by molar-refractivity contribution is 7.82. The molecule has 1 aliphatic carbocycles. The molecule has 3 unspecified atom stereocenters. The number of anilines is 1. The Morgan fingerprint density at radius 1 is 1.17 bits per heavy atom. The van der Waals surface area contributed by atoms with E-state index in [-0.39, 0.29) is 6.04 Å². The van der Waals surface area contributed by atoms with Crippen molar-refractivity contribution >= 4 is 45.8 Å². The van der Waals surface area contributed by atoms with Gasteiger partial charge in [-0.3, -0.25) is 4.79 Å².